The summed E-state index contributed by atoms with van der Waals surface area (Å²) in [6.07, 6.45) is 0. The zero-order valence-corrected chi connectivity index (χ0v) is 10.9. The molecule has 0 amide bonds. The van der Waals surface area contributed by atoms with E-state index in [4.69, 9.17) is 15.3 Å². The van der Waals surface area contributed by atoms with Gasteiger partial charge in [-0.1, -0.05) is 6.07 Å². The molecule has 1 atom stereocenters. The molecule has 1 fully saturated rings. The second-order valence-corrected chi connectivity index (χ2v) is 4.47. The summed E-state index contributed by atoms with van der Waals surface area (Å²) < 4.78 is 5.13. The molecular weight excluding hydrogens is 240 g/mol. The maximum absolute atomic E-state index is 9.12. The SMILES string of the molecule is COc1ccc(CN2CCNCC2C#N)cc1C#N. The van der Waals surface area contributed by atoms with Crippen LogP contribution in [-0.4, -0.2) is 37.7 Å². The van der Waals surface area contributed by atoms with Gasteiger partial charge in [0.1, 0.15) is 17.9 Å². The number of nitrogens with zero attached hydrogens (tertiary/aromatic N) is 3. The van der Waals surface area contributed by atoms with Gasteiger partial charge in [-0.3, -0.25) is 4.90 Å². The minimum absolute atomic E-state index is 0.110. The summed E-state index contributed by atoms with van der Waals surface area (Å²) in [6, 6.07) is 9.89. The Labute approximate surface area is 113 Å². The number of piperazine rings is 1. The molecule has 1 aliphatic rings. The average Bonchev–Trinajstić information content (AvgIpc) is 2.47. The number of benzene rings is 1. The van der Waals surface area contributed by atoms with Gasteiger partial charge in [-0.25, -0.2) is 0 Å². The number of nitrogens with one attached hydrogen (secondary N) is 1. The summed E-state index contributed by atoms with van der Waals surface area (Å²) in [7, 11) is 1.55. The minimum atomic E-state index is -0.110. The summed E-state index contributed by atoms with van der Waals surface area (Å²) in [5, 5.41) is 21.4. The van der Waals surface area contributed by atoms with E-state index >= 15 is 0 Å². The van der Waals surface area contributed by atoms with Gasteiger partial charge in [0.05, 0.1) is 18.7 Å². The van der Waals surface area contributed by atoms with Crippen molar-refractivity contribution in [1.29, 1.82) is 10.5 Å². The Hall–Kier alpha value is -2.08. The topological polar surface area (TPSA) is 72.1 Å². The Kier molecular flexibility index (Phi) is 4.35. The van der Waals surface area contributed by atoms with Crippen molar-refractivity contribution in [3.05, 3.63) is 29.3 Å². The highest BCUT2D eigenvalue weighted by Gasteiger charge is 2.21. The predicted octanol–water partition coefficient (Wildman–Crippen LogP) is 0.864. The number of hydrogen-bond donors (Lipinski definition) is 1. The quantitative estimate of drug-likeness (QED) is 0.868. The summed E-state index contributed by atoms with van der Waals surface area (Å²) in [6.45, 7) is 3.10. The van der Waals surface area contributed by atoms with Gasteiger partial charge in [-0.15, -0.1) is 0 Å². The van der Waals surface area contributed by atoms with Crippen LogP contribution in [0.1, 0.15) is 11.1 Å². The van der Waals surface area contributed by atoms with Crippen LogP contribution in [-0.2, 0) is 6.54 Å². The fraction of sp³-hybridized carbons (Fsp3) is 0.429. The van der Waals surface area contributed by atoms with Crippen LogP contribution in [0, 0.1) is 22.7 Å². The number of hydrogen-bond acceptors (Lipinski definition) is 5. The van der Waals surface area contributed by atoms with Gasteiger partial charge in [-0.05, 0) is 17.7 Å². The lowest BCUT2D eigenvalue weighted by molar-refractivity contribution is 0.189. The van der Waals surface area contributed by atoms with Crippen LogP contribution in [0.3, 0.4) is 0 Å². The van der Waals surface area contributed by atoms with Gasteiger partial charge in [-0.2, -0.15) is 10.5 Å². The highest BCUT2D eigenvalue weighted by atomic mass is 16.5. The smallest absolute Gasteiger partial charge is 0.136 e. The van der Waals surface area contributed by atoms with Crippen LogP contribution in [0.4, 0.5) is 0 Å². The first kappa shape index (κ1) is 13.4. The summed E-state index contributed by atoms with van der Waals surface area (Å²) in [5.41, 5.74) is 1.56. The normalized spacial score (nSPS) is 19.4. The van der Waals surface area contributed by atoms with Crippen molar-refractivity contribution in [1.82, 2.24) is 10.2 Å². The predicted molar refractivity (Wildman–Crippen MR) is 70.4 cm³/mol. The first-order chi connectivity index (χ1) is 9.28. The lowest BCUT2D eigenvalue weighted by atomic mass is 10.1. The molecular formula is C14H16N4O. The molecule has 1 N–H and O–H groups in total. The zero-order chi connectivity index (χ0) is 13.7. The lowest BCUT2D eigenvalue weighted by Gasteiger charge is -2.31. The van der Waals surface area contributed by atoms with Crippen LogP contribution < -0.4 is 10.1 Å². The molecule has 5 nitrogen and oxygen atoms in total. The molecule has 0 bridgehead atoms. The number of ether oxygens (including phenoxy) is 1. The van der Waals surface area contributed by atoms with Crippen LogP contribution >= 0.6 is 0 Å². The molecule has 0 aliphatic carbocycles. The van der Waals surface area contributed by atoms with Crippen LogP contribution in [0.25, 0.3) is 0 Å². The summed E-state index contributed by atoms with van der Waals surface area (Å²) >= 11 is 0. The molecule has 1 aromatic rings. The Bertz CT molecular complexity index is 529. The van der Waals surface area contributed by atoms with Crippen LogP contribution in [0.2, 0.25) is 0 Å². The first-order valence-electron chi connectivity index (χ1n) is 6.20. The Morgan fingerprint density at radius 2 is 2.32 bits per heavy atom. The van der Waals surface area contributed by atoms with E-state index in [1.807, 2.05) is 12.1 Å². The monoisotopic (exact) mass is 256 g/mol. The molecule has 0 radical (unpaired) electrons. The summed E-state index contributed by atoms with van der Waals surface area (Å²) in [4.78, 5) is 2.12. The van der Waals surface area contributed by atoms with E-state index in [1.54, 1.807) is 13.2 Å². The van der Waals surface area contributed by atoms with Crippen molar-refractivity contribution < 1.29 is 4.74 Å². The van der Waals surface area contributed by atoms with E-state index in [2.05, 4.69) is 22.4 Å². The van der Waals surface area contributed by atoms with Gasteiger partial charge in [0, 0.05) is 26.2 Å². The van der Waals surface area contributed by atoms with Crippen molar-refractivity contribution in [3.63, 3.8) is 0 Å². The standard InChI is InChI=1S/C14H16N4O/c1-19-14-3-2-11(6-12(14)7-15)10-18-5-4-17-9-13(18)8-16/h2-3,6,13,17H,4-5,9-10H2,1H3. The number of rotatable bonds is 3. The van der Waals surface area contributed by atoms with E-state index < -0.39 is 0 Å². The second kappa shape index (κ2) is 6.19. The van der Waals surface area contributed by atoms with Crippen molar-refractivity contribution >= 4 is 0 Å². The van der Waals surface area contributed by atoms with Gasteiger partial charge in [0.15, 0.2) is 0 Å². The third kappa shape index (κ3) is 3.03. The van der Waals surface area contributed by atoms with Crippen LogP contribution in [0.5, 0.6) is 5.75 Å². The molecule has 1 heterocycles. The first-order valence-corrected chi connectivity index (χ1v) is 6.20. The van der Waals surface area contributed by atoms with Gasteiger partial charge < -0.3 is 10.1 Å². The molecule has 1 saturated heterocycles. The molecule has 2 rings (SSSR count). The second-order valence-electron chi connectivity index (χ2n) is 4.47. The van der Waals surface area contributed by atoms with Gasteiger partial charge in [0.2, 0.25) is 0 Å². The molecule has 1 unspecified atom stereocenters. The third-order valence-electron chi connectivity index (χ3n) is 3.27. The largest absolute Gasteiger partial charge is 0.495 e. The van der Waals surface area contributed by atoms with Crippen molar-refractivity contribution in [2.45, 2.75) is 12.6 Å². The zero-order valence-electron chi connectivity index (χ0n) is 10.9. The van der Waals surface area contributed by atoms with E-state index in [0.29, 0.717) is 24.4 Å². The van der Waals surface area contributed by atoms with Crippen LogP contribution in [0.15, 0.2) is 18.2 Å². The van der Waals surface area contributed by atoms with E-state index in [9.17, 15) is 0 Å². The van der Waals surface area contributed by atoms with E-state index in [1.165, 1.54) is 0 Å². The highest BCUT2D eigenvalue weighted by molar-refractivity contribution is 5.45. The fourth-order valence-electron chi connectivity index (χ4n) is 2.24. The molecule has 0 aromatic heterocycles. The number of methoxy groups -OCH3 is 1. The third-order valence-corrected chi connectivity index (χ3v) is 3.27. The average molecular weight is 256 g/mol. The van der Waals surface area contributed by atoms with Crippen molar-refractivity contribution in [3.8, 4) is 17.9 Å². The maximum Gasteiger partial charge on any atom is 0.136 e. The lowest BCUT2D eigenvalue weighted by Crippen LogP contribution is -2.49. The molecule has 0 spiro atoms. The fourth-order valence-corrected chi connectivity index (χ4v) is 2.24. The molecule has 0 saturated carbocycles. The molecule has 1 aliphatic heterocycles. The molecule has 19 heavy (non-hydrogen) atoms. The minimum Gasteiger partial charge on any atom is -0.495 e. The van der Waals surface area contributed by atoms with Gasteiger partial charge >= 0.3 is 0 Å². The summed E-state index contributed by atoms with van der Waals surface area (Å²) in [5.74, 6) is 0.586. The van der Waals surface area contributed by atoms with Crippen molar-refractivity contribution in [2.24, 2.45) is 0 Å². The van der Waals surface area contributed by atoms with E-state index in [0.717, 1.165) is 18.7 Å². The Morgan fingerprint density at radius 3 is 3.00 bits per heavy atom. The highest BCUT2D eigenvalue weighted by Crippen LogP contribution is 2.20. The van der Waals surface area contributed by atoms with Gasteiger partial charge in [0.25, 0.3) is 0 Å². The Balaban J connectivity index is 2.15. The van der Waals surface area contributed by atoms with Crippen molar-refractivity contribution in [2.75, 3.05) is 26.7 Å². The Morgan fingerprint density at radius 1 is 1.47 bits per heavy atom. The van der Waals surface area contributed by atoms with E-state index in [-0.39, 0.29) is 6.04 Å². The number of nitriles is 2. The maximum atomic E-state index is 9.12. The molecule has 98 valence electrons. The molecule has 1 aromatic carbocycles. The molecule has 5 heteroatoms.